The van der Waals surface area contributed by atoms with E-state index in [0.717, 1.165) is 5.56 Å². The van der Waals surface area contributed by atoms with Gasteiger partial charge in [-0.25, -0.2) is 9.97 Å². The average molecular weight is 529 g/mol. The number of rotatable bonds is 9. The molecule has 0 bridgehead atoms. The number of amides is 2. The standard InChI is InChI=1S/C26H26Cl2N4O4/c1-5-8-23(33)31-19-10-7-6-9-16(19)11-17-12-22(30-15-29-17)32(2)24(34)13-18-25(27)20(35-3)14-21(36-4)26(18)28/h5-10,12,14-15H,11,13H2,1-4H3,(H,31,33)/b8-5+. The van der Waals surface area contributed by atoms with Gasteiger partial charge in [-0.15, -0.1) is 0 Å². The molecule has 3 aromatic rings. The molecule has 0 radical (unpaired) electrons. The molecule has 188 valence electrons. The van der Waals surface area contributed by atoms with Crippen LogP contribution in [0.25, 0.3) is 0 Å². The van der Waals surface area contributed by atoms with Crippen LogP contribution in [-0.4, -0.2) is 43.0 Å². The molecule has 8 nitrogen and oxygen atoms in total. The Hall–Kier alpha value is -3.62. The van der Waals surface area contributed by atoms with Crippen molar-refractivity contribution in [3.05, 3.63) is 81.7 Å². The third kappa shape index (κ3) is 6.33. The lowest BCUT2D eigenvalue weighted by Gasteiger charge is -2.19. The molecular formula is C26H26Cl2N4O4. The zero-order valence-electron chi connectivity index (χ0n) is 20.3. The molecule has 0 aliphatic carbocycles. The highest BCUT2D eigenvalue weighted by molar-refractivity contribution is 6.38. The quantitative estimate of drug-likeness (QED) is 0.387. The minimum Gasteiger partial charge on any atom is -0.495 e. The van der Waals surface area contributed by atoms with E-state index in [1.165, 1.54) is 31.5 Å². The maximum Gasteiger partial charge on any atom is 0.248 e. The molecule has 2 aromatic carbocycles. The van der Waals surface area contributed by atoms with Gasteiger partial charge in [-0.1, -0.05) is 47.5 Å². The van der Waals surface area contributed by atoms with Crippen molar-refractivity contribution in [1.82, 2.24) is 9.97 Å². The fourth-order valence-electron chi connectivity index (χ4n) is 3.47. The van der Waals surface area contributed by atoms with Gasteiger partial charge in [0.05, 0.1) is 36.4 Å². The molecule has 0 atom stereocenters. The van der Waals surface area contributed by atoms with Crippen LogP contribution in [0.1, 0.15) is 23.7 Å². The van der Waals surface area contributed by atoms with Crippen molar-refractivity contribution < 1.29 is 19.1 Å². The summed E-state index contributed by atoms with van der Waals surface area (Å²) >= 11 is 12.9. The van der Waals surface area contributed by atoms with Gasteiger partial charge < -0.3 is 14.8 Å². The van der Waals surface area contributed by atoms with Gasteiger partial charge in [0.1, 0.15) is 23.6 Å². The minimum absolute atomic E-state index is 0.0964. The molecule has 1 heterocycles. The second-order valence-corrected chi connectivity index (χ2v) is 8.46. The SMILES string of the molecule is C/C=C/C(=O)Nc1ccccc1Cc1cc(N(C)C(=O)Cc2c(Cl)c(OC)cc(OC)c2Cl)ncn1. The number of carbonyl (C=O) groups excluding carboxylic acids is 2. The Morgan fingerprint density at radius 3 is 2.36 bits per heavy atom. The van der Waals surface area contributed by atoms with E-state index in [1.807, 2.05) is 24.3 Å². The summed E-state index contributed by atoms with van der Waals surface area (Å²) in [6.45, 7) is 1.78. The fourth-order valence-corrected chi connectivity index (χ4v) is 4.11. The first-order valence-corrected chi connectivity index (χ1v) is 11.7. The summed E-state index contributed by atoms with van der Waals surface area (Å²) in [6, 6.07) is 10.7. The Bertz CT molecular complexity index is 1270. The Labute approximate surface area is 219 Å². The van der Waals surface area contributed by atoms with Crippen molar-refractivity contribution in [2.24, 2.45) is 0 Å². The first kappa shape index (κ1) is 27.0. The number of hydrogen-bond acceptors (Lipinski definition) is 6. The van der Waals surface area contributed by atoms with Crippen LogP contribution in [0.2, 0.25) is 10.0 Å². The van der Waals surface area contributed by atoms with Crippen molar-refractivity contribution >= 4 is 46.5 Å². The van der Waals surface area contributed by atoms with Gasteiger partial charge in [-0.05, 0) is 24.6 Å². The van der Waals surface area contributed by atoms with Gasteiger partial charge in [0.25, 0.3) is 0 Å². The maximum absolute atomic E-state index is 13.1. The summed E-state index contributed by atoms with van der Waals surface area (Å²) in [4.78, 5) is 35.1. The van der Waals surface area contributed by atoms with Gasteiger partial charge in [0, 0.05) is 36.9 Å². The number of para-hydroxylation sites is 1. The largest absolute Gasteiger partial charge is 0.495 e. The van der Waals surface area contributed by atoms with Crippen LogP contribution in [0.4, 0.5) is 11.5 Å². The van der Waals surface area contributed by atoms with Crippen molar-refractivity contribution in [3.8, 4) is 11.5 Å². The molecule has 0 aliphatic rings. The molecule has 36 heavy (non-hydrogen) atoms. The molecule has 0 aliphatic heterocycles. The number of benzene rings is 2. The lowest BCUT2D eigenvalue weighted by atomic mass is 10.1. The number of anilines is 2. The smallest absolute Gasteiger partial charge is 0.248 e. The molecule has 10 heteroatoms. The zero-order chi connectivity index (χ0) is 26.2. The average Bonchev–Trinajstić information content (AvgIpc) is 2.87. The number of ether oxygens (including phenoxy) is 2. The highest BCUT2D eigenvalue weighted by Crippen LogP contribution is 2.40. The predicted molar refractivity (Wildman–Crippen MR) is 141 cm³/mol. The monoisotopic (exact) mass is 528 g/mol. The summed E-state index contributed by atoms with van der Waals surface area (Å²) in [6.07, 6.45) is 4.85. The summed E-state index contributed by atoms with van der Waals surface area (Å²) < 4.78 is 10.6. The van der Waals surface area contributed by atoms with Crippen molar-refractivity contribution in [1.29, 1.82) is 0 Å². The minimum atomic E-state index is -0.294. The van der Waals surface area contributed by atoms with Crippen LogP contribution in [0, 0.1) is 0 Å². The van der Waals surface area contributed by atoms with Crippen LogP contribution < -0.4 is 19.7 Å². The van der Waals surface area contributed by atoms with Gasteiger partial charge in [0.15, 0.2) is 0 Å². The van der Waals surface area contributed by atoms with Crippen molar-refractivity contribution in [2.75, 3.05) is 31.5 Å². The van der Waals surface area contributed by atoms with Crippen LogP contribution >= 0.6 is 23.2 Å². The van der Waals surface area contributed by atoms with Crippen molar-refractivity contribution in [2.45, 2.75) is 19.8 Å². The Kier molecular flexibility index (Phi) is 9.27. The summed E-state index contributed by atoms with van der Waals surface area (Å²) in [5.74, 6) is 0.603. The Morgan fingerprint density at radius 2 is 1.72 bits per heavy atom. The van der Waals surface area contributed by atoms with Gasteiger partial charge in [-0.3, -0.25) is 14.5 Å². The van der Waals surface area contributed by atoms with E-state index in [2.05, 4.69) is 15.3 Å². The number of allylic oxidation sites excluding steroid dienone is 1. The summed E-state index contributed by atoms with van der Waals surface area (Å²) in [5, 5.41) is 3.35. The fraction of sp³-hybridized carbons (Fsp3) is 0.231. The number of halogens is 2. The van der Waals surface area contributed by atoms with Crippen LogP contribution in [0.5, 0.6) is 11.5 Å². The predicted octanol–water partition coefficient (Wildman–Crippen LogP) is 5.11. The molecule has 3 rings (SSSR count). The lowest BCUT2D eigenvalue weighted by Crippen LogP contribution is -2.29. The number of likely N-dealkylation sites (N-methyl/N-ethyl adjacent to an activating group) is 1. The normalized spacial score (nSPS) is 10.8. The number of carbonyl (C=O) groups is 2. The Balaban J connectivity index is 1.82. The van der Waals surface area contributed by atoms with E-state index in [4.69, 9.17) is 32.7 Å². The molecule has 0 fully saturated rings. The van der Waals surface area contributed by atoms with Crippen LogP contribution in [0.15, 0.2) is 54.9 Å². The number of methoxy groups -OCH3 is 2. The highest BCUT2D eigenvalue weighted by Gasteiger charge is 2.22. The third-order valence-corrected chi connectivity index (χ3v) is 6.21. The second kappa shape index (κ2) is 12.4. The van der Waals surface area contributed by atoms with E-state index in [1.54, 1.807) is 32.2 Å². The van der Waals surface area contributed by atoms with Crippen LogP contribution in [0.3, 0.4) is 0 Å². The van der Waals surface area contributed by atoms with Crippen LogP contribution in [-0.2, 0) is 22.4 Å². The van der Waals surface area contributed by atoms with E-state index >= 15 is 0 Å². The summed E-state index contributed by atoms with van der Waals surface area (Å²) in [7, 11) is 4.55. The Morgan fingerprint density at radius 1 is 1.06 bits per heavy atom. The van der Waals surface area contributed by atoms with E-state index in [-0.39, 0.29) is 28.3 Å². The number of aromatic nitrogens is 2. The molecule has 0 spiro atoms. The molecule has 1 N–H and O–H groups in total. The molecule has 0 unspecified atom stereocenters. The molecule has 1 aromatic heterocycles. The molecule has 2 amide bonds. The molecule has 0 saturated heterocycles. The maximum atomic E-state index is 13.1. The third-order valence-electron chi connectivity index (χ3n) is 5.38. The number of nitrogens with one attached hydrogen (secondary N) is 1. The number of hydrogen-bond donors (Lipinski definition) is 1. The van der Waals surface area contributed by atoms with E-state index in [0.29, 0.717) is 40.7 Å². The lowest BCUT2D eigenvalue weighted by molar-refractivity contribution is -0.117. The summed E-state index contributed by atoms with van der Waals surface area (Å²) in [5.41, 5.74) is 2.62. The van der Waals surface area contributed by atoms with Crippen molar-refractivity contribution in [3.63, 3.8) is 0 Å². The zero-order valence-corrected chi connectivity index (χ0v) is 21.9. The first-order chi connectivity index (χ1) is 17.3. The van der Waals surface area contributed by atoms with Gasteiger partial charge >= 0.3 is 0 Å². The van der Waals surface area contributed by atoms with Gasteiger partial charge in [0.2, 0.25) is 11.8 Å². The second-order valence-electron chi connectivity index (χ2n) is 7.71. The number of nitrogens with zero attached hydrogens (tertiary/aromatic N) is 3. The van der Waals surface area contributed by atoms with Gasteiger partial charge in [-0.2, -0.15) is 0 Å². The topological polar surface area (TPSA) is 93.7 Å². The highest BCUT2D eigenvalue weighted by atomic mass is 35.5. The molecule has 0 saturated carbocycles. The van der Waals surface area contributed by atoms with E-state index < -0.39 is 0 Å². The van der Waals surface area contributed by atoms with E-state index in [9.17, 15) is 9.59 Å². The molecular weight excluding hydrogens is 503 g/mol. The first-order valence-electron chi connectivity index (χ1n) is 11.0.